The molecule has 1 spiro atoms. The molecule has 0 radical (unpaired) electrons. The fraction of sp³-hybridized carbons (Fsp3) is 0.385. The zero-order valence-electron chi connectivity index (χ0n) is 18.2. The van der Waals surface area contributed by atoms with Crippen molar-refractivity contribution in [1.29, 1.82) is 0 Å². The molecule has 0 unspecified atom stereocenters. The number of benzene rings is 2. The molecule has 5 nitrogen and oxygen atoms in total. The molecule has 0 saturated carbocycles. The van der Waals surface area contributed by atoms with E-state index in [0.29, 0.717) is 5.82 Å². The molecule has 3 aromatic rings. The van der Waals surface area contributed by atoms with Gasteiger partial charge in [-0.05, 0) is 78.7 Å². The largest absolute Gasteiger partial charge is 0.447 e. The zero-order chi connectivity index (χ0) is 21.6. The van der Waals surface area contributed by atoms with Gasteiger partial charge in [0.05, 0.1) is 6.10 Å². The number of anilines is 1. The van der Waals surface area contributed by atoms with Crippen LogP contribution in [0.3, 0.4) is 0 Å². The van der Waals surface area contributed by atoms with Crippen LogP contribution in [0.15, 0.2) is 48.7 Å². The van der Waals surface area contributed by atoms with Crippen LogP contribution in [-0.2, 0) is 16.6 Å². The van der Waals surface area contributed by atoms with Crippen molar-refractivity contribution in [2.75, 3.05) is 18.8 Å². The third-order valence-corrected chi connectivity index (χ3v) is 7.01. The summed E-state index contributed by atoms with van der Waals surface area (Å²) in [5.74, 6) is 0.571. The molecule has 5 heteroatoms. The number of aryl methyl sites for hydroxylation is 1. The van der Waals surface area contributed by atoms with E-state index >= 15 is 0 Å². The summed E-state index contributed by atoms with van der Waals surface area (Å²) in [6.07, 6.45) is 5.78. The smallest absolute Gasteiger partial charge is 0.410 e. The maximum Gasteiger partial charge on any atom is 0.410 e. The monoisotopic (exact) mass is 415 g/mol. The van der Waals surface area contributed by atoms with Gasteiger partial charge in [-0.3, -0.25) is 0 Å². The summed E-state index contributed by atoms with van der Waals surface area (Å²) in [6.45, 7) is 5.33. The van der Waals surface area contributed by atoms with Crippen molar-refractivity contribution in [3.8, 4) is 11.1 Å². The predicted molar refractivity (Wildman–Crippen MR) is 124 cm³/mol. The van der Waals surface area contributed by atoms with Crippen LogP contribution in [0.4, 0.5) is 10.6 Å². The second-order valence-corrected chi connectivity index (χ2v) is 9.17. The molecule has 1 amide bonds. The van der Waals surface area contributed by atoms with Gasteiger partial charge in [0.15, 0.2) is 0 Å². The molecule has 1 aliphatic heterocycles. The van der Waals surface area contributed by atoms with Crippen LogP contribution >= 0.6 is 0 Å². The lowest BCUT2D eigenvalue weighted by Crippen LogP contribution is -2.45. The highest BCUT2D eigenvalue weighted by Gasteiger charge is 2.42. The highest BCUT2D eigenvalue weighted by atomic mass is 16.6. The maximum atomic E-state index is 12.3. The summed E-state index contributed by atoms with van der Waals surface area (Å²) < 4.78 is 5.39. The van der Waals surface area contributed by atoms with Crippen molar-refractivity contribution in [2.24, 2.45) is 0 Å². The Labute approximate surface area is 183 Å². The number of piperidine rings is 1. The highest BCUT2D eigenvalue weighted by Crippen LogP contribution is 2.47. The Kier molecular flexibility index (Phi) is 4.84. The number of aromatic nitrogens is 1. The van der Waals surface area contributed by atoms with Gasteiger partial charge in [0.1, 0.15) is 5.82 Å². The molecule has 1 aromatic heterocycles. The highest BCUT2D eigenvalue weighted by molar-refractivity contribution is 6.01. The average Bonchev–Trinajstić information content (AvgIpc) is 3.11. The van der Waals surface area contributed by atoms with E-state index in [4.69, 9.17) is 10.5 Å². The topological polar surface area (TPSA) is 68.5 Å². The molecule has 1 saturated heterocycles. The summed E-state index contributed by atoms with van der Waals surface area (Å²) in [5, 5.41) is 2.14. The molecule has 2 heterocycles. The second-order valence-electron chi connectivity index (χ2n) is 9.17. The summed E-state index contributed by atoms with van der Waals surface area (Å²) in [6, 6.07) is 15.2. The number of likely N-dealkylation sites (tertiary alicyclic amines) is 1. The fourth-order valence-corrected chi connectivity index (χ4v) is 5.39. The first-order chi connectivity index (χ1) is 15.0. The van der Waals surface area contributed by atoms with Crippen LogP contribution < -0.4 is 5.73 Å². The van der Waals surface area contributed by atoms with Crippen molar-refractivity contribution in [3.63, 3.8) is 0 Å². The van der Waals surface area contributed by atoms with Gasteiger partial charge in [-0.25, -0.2) is 9.78 Å². The number of carbonyl (C=O) groups excluding carboxylic acids is 1. The number of hydrogen-bond acceptors (Lipinski definition) is 4. The van der Waals surface area contributed by atoms with Crippen LogP contribution in [0.25, 0.3) is 21.9 Å². The number of amides is 1. The van der Waals surface area contributed by atoms with Crippen LogP contribution in [0.2, 0.25) is 0 Å². The second kappa shape index (κ2) is 7.56. The number of fused-ring (bicyclic) bond motifs is 3. The Morgan fingerprint density at radius 1 is 1.10 bits per heavy atom. The van der Waals surface area contributed by atoms with Crippen molar-refractivity contribution >= 4 is 22.7 Å². The van der Waals surface area contributed by atoms with E-state index in [1.165, 1.54) is 22.3 Å². The quantitative estimate of drug-likeness (QED) is 0.616. The molecule has 0 atom stereocenters. The van der Waals surface area contributed by atoms with E-state index in [-0.39, 0.29) is 17.6 Å². The number of nitrogen functional groups attached to an aromatic ring is 1. The minimum absolute atomic E-state index is 0.0748. The first-order valence-corrected chi connectivity index (χ1v) is 11.2. The fourth-order valence-electron chi connectivity index (χ4n) is 5.39. The molecule has 0 bridgehead atoms. The minimum atomic E-state index is -0.178. The van der Waals surface area contributed by atoms with Crippen molar-refractivity contribution in [3.05, 3.63) is 59.8 Å². The maximum absolute atomic E-state index is 12.3. The molecular formula is C26H29N3O2. The van der Waals surface area contributed by atoms with Gasteiger partial charge in [-0.1, -0.05) is 36.4 Å². The lowest BCUT2D eigenvalue weighted by atomic mass is 9.73. The summed E-state index contributed by atoms with van der Waals surface area (Å²) in [4.78, 5) is 18.4. The first kappa shape index (κ1) is 19.9. The average molecular weight is 416 g/mol. The number of pyridine rings is 1. The third kappa shape index (κ3) is 3.42. The van der Waals surface area contributed by atoms with E-state index in [0.717, 1.165) is 49.5 Å². The normalized spacial score (nSPS) is 17.3. The van der Waals surface area contributed by atoms with Crippen LogP contribution in [-0.4, -0.2) is 35.2 Å². The van der Waals surface area contributed by atoms with Crippen LogP contribution in [0, 0.1) is 0 Å². The van der Waals surface area contributed by atoms with Crippen molar-refractivity contribution < 1.29 is 9.53 Å². The lowest BCUT2D eigenvalue weighted by molar-refractivity contribution is 0.0614. The Bertz CT molecular complexity index is 1150. The third-order valence-electron chi connectivity index (χ3n) is 7.01. The number of nitrogens with two attached hydrogens (primary N) is 1. The summed E-state index contributed by atoms with van der Waals surface area (Å²) in [7, 11) is 0. The van der Waals surface area contributed by atoms with Crippen molar-refractivity contribution in [1.82, 2.24) is 9.88 Å². The van der Waals surface area contributed by atoms with Crippen LogP contribution in [0.5, 0.6) is 0 Å². The van der Waals surface area contributed by atoms with Gasteiger partial charge in [0.25, 0.3) is 0 Å². The zero-order valence-corrected chi connectivity index (χ0v) is 18.2. The molecule has 160 valence electrons. The minimum Gasteiger partial charge on any atom is -0.447 e. The summed E-state index contributed by atoms with van der Waals surface area (Å²) >= 11 is 0. The standard InChI is InChI=1S/C26H29N3O2/c1-17(2)31-25(30)29-14-11-26(12-15-29)10-8-19-16-18(6-7-23(19)26)20-4-3-5-22-21(20)9-13-28-24(22)27/h3-7,9,13,16-17H,8,10-12,14-15H2,1-2H3,(H2,27,28). The van der Waals surface area contributed by atoms with Gasteiger partial charge in [0, 0.05) is 24.7 Å². The van der Waals surface area contributed by atoms with E-state index in [9.17, 15) is 4.79 Å². The summed E-state index contributed by atoms with van der Waals surface area (Å²) in [5.41, 5.74) is 11.6. The molecule has 2 N–H and O–H groups in total. The molecule has 31 heavy (non-hydrogen) atoms. The lowest BCUT2D eigenvalue weighted by Gasteiger charge is -2.40. The predicted octanol–water partition coefficient (Wildman–Crippen LogP) is 5.31. The van der Waals surface area contributed by atoms with E-state index < -0.39 is 0 Å². The van der Waals surface area contributed by atoms with Gasteiger partial charge in [-0.15, -0.1) is 0 Å². The SMILES string of the molecule is CC(C)OC(=O)N1CCC2(CCc3cc(-c4cccc5c(N)nccc45)ccc32)CC1. The molecular weight excluding hydrogens is 386 g/mol. The molecule has 2 aliphatic rings. The Balaban J connectivity index is 1.42. The van der Waals surface area contributed by atoms with E-state index in [1.807, 2.05) is 30.9 Å². The number of carbonyl (C=O) groups is 1. The Hall–Kier alpha value is -3.08. The molecule has 5 rings (SSSR count). The number of rotatable bonds is 2. The van der Waals surface area contributed by atoms with Gasteiger partial charge >= 0.3 is 6.09 Å². The molecule has 1 fully saturated rings. The number of hydrogen-bond donors (Lipinski definition) is 1. The number of ether oxygens (including phenoxy) is 1. The van der Waals surface area contributed by atoms with Gasteiger partial charge in [0.2, 0.25) is 0 Å². The van der Waals surface area contributed by atoms with E-state index in [2.05, 4.69) is 35.3 Å². The van der Waals surface area contributed by atoms with Gasteiger partial charge < -0.3 is 15.4 Å². The van der Waals surface area contributed by atoms with E-state index in [1.54, 1.807) is 6.20 Å². The van der Waals surface area contributed by atoms with Crippen LogP contribution in [0.1, 0.15) is 44.2 Å². The first-order valence-electron chi connectivity index (χ1n) is 11.2. The molecule has 1 aliphatic carbocycles. The Morgan fingerprint density at radius 2 is 1.90 bits per heavy atom. The molecule has 2 aromatic carbocycles. The number of nitrogens with zero attached hydrogens (tertiary/aromatic N) is 2. The van der Waals surface area contributed by atoms with Gasteiger partial charge in [-0.2, -0.15) is 0 Å². The Morgan fingerprint density at radius 3 is 2.68 bits per heavy atom. The van der Waals surface area contributed by atoms with Crippen molar-refractivity contribution in [2.45, 2.75) is 51.0 Å².